The monoisotopic (exact) mass is 379 g/mol. The summed E-state index contributed by atoms with van der Waals surface area (Å²) in [6, 6.07) is 13.9. The van der Waals surface area contributed by atoms with Crippen LogP contribution in [0, 0.1) is 11.7 Å². The van der Waals surface area contributed by atoms with Crippen LogP contribution in [-0.2, 0) is 0 Å². The van der Waals surface area contributed by atoms with Crippen LogP contribution in [0.15, 0.2) is 60.9 Å². The number of nitrogens with one attached hydrogen (secondary N) is 1. The van der Waals surface area contributed by atoms with Gasteiger partial charge in [0, 0.05) is 42.5 Å². The molecule has 1 saturated heterocycles. The van der Waals surface area contributed by atoms with Gasteiger partial charge in [0.05, 0.1) is 6.61 Å². The topological polar surface area (TPSA) is 58.2 Å². The Labute approximate surface area is 163 Å². The van der Waals surface area contributed by atoms with Gasteiger partial charge >= 0.3 is 0 Å². The van der Waals surface area contributed by atoms with Gasteiger partial charge in [-0.1, -0.05) is 24.3 Å². The van der Waals surface area contributed by atoms with Crippen molar-refractivity contribution in [2.24, 2.45) is 5.92 Å². The Morgan fingerprint density at radius 2 is 2.14 bits per heavy atom. The van der Waals surface area contributed by atoms with Crippen molar-refractivity contribution in [3.8, 4) is 17.1 Å². The Bertz CT molecular complexity index is 942. The third-order valence-electron chi connectivity index (χ3n) is 5.00. The van der Waals surface area contributed by atoms with Crippen LogP contribution in [0.2, 0.25) is 0 Å². The number of hydrogen-bond acceptors (Lipinski definition) is 3. The van der Waals surface area contributed by atoms with E-state index in [1.54, 1.807) is 30.6 Å². The third kappa shape index (κ3) is 4.06. The number of amides is 1. The largest absolute Gasteiger partial charge is 0.490 e. The molecule has 1 N–H and O–H groups in total. The van der Waals surface area contributed by atoms with Gasteiger partial charge in [-0.2, -0.15) is 0 Å². The highest BCUT2D eigenvalue weighted by Crippen LogP contribution is 2.23. The smallest absolute Gasteiger partial charge is 0.253 e. The van der Waals surface area contributed by atoms with Crippen LogP contribution in [0.5, 0.6) is 5.75 Å². The van der Waals surface area contributed by atoms with Crippen molar-refractivity contribution in [2.75, 3.05) is 19.7 Å². The number of imidazole rings is 1. The first-order chi connectivity index (χ1) is 13.7. The van der Waals surface area contributed by atoms with E-state index in [-0.39, 0.29) is 23.4 Å². The summed E-state index contributed by atoms with van der Waals surface area (Å²) in [7, 11) is 0. The number of ether oxygens (including phenoxy) is 1. The van der Waals surface area contributed by atoms with E-state index in [1.165, 1.54) is 6.07 Å². The number of H-pyrrole nitrogens is 1. The number of aromatic nitrogens is 2. The van der Waals surface area contributed by atoms with Gasteiger partial charge in [-0.25, -0.2) is 9.37 Å². The number of aromatic amines is 1. The Morgan fingerprint density at radius 3 is 2.96 bits per heavy atom. The lowest BCUT2D eigenvalue weighted by molar-refractivity contribution is 0.0631. The fourth-order valence-electron chi connectivity index (χ4n) is 3.56. The minimum absolute atomic E-state index is 0.00370. The summed E-state index contributed by atoms with van der Waals surface area (Å²) in [4.78, 5) is 22.2. The first-order valence-electron chi connectivity index (χ1n) is 9.47. The van der Waals surface area contributed by atoms with Crippen LogP contribution in [0.3, 0.4) is 0 Å². The molecule has 1 aliphatic rings. The van der Waals surface area contributed by atoms with E-state index in [4.69, 9.17) is 4.74 Å². The van der Waals surface area contributed by atoms with E-state index < -0.39 is 0 Å². The summed E-state index contributed by atoms with van der Waals surface area (Å²) in [5.41, 5.74) is 1.52. The van der Waals surface area contributed by atoms with E-state index in [2.05, 4.69) is 9.97 Å². The van der Waals surface area contributed by atoms with Crippen LogP contribution in [0.4, 0.5) is 4.39 Å². The molecule has 2 aromatic carbocycles. The summed E-state index contributed by atoms with van der Waals surface area (Å²) < 4.78 is 19.4. The van der Waals surface area contributed by atoms with Crippen molar-refractivity contribution in [3.63, 3.8) is 0 Å². The number of para-hydroxylation sites is 1. The van der Waals surface area contributed by atoms with E-state index >= 15 is 0 Å². The van der Waals surface area contributed by atoms with Gasteiger partial charge in [0.15, 0.2) is 11.6 Å². The van der Waals surface area contributed by atoms with Gasteiger partial charge in [-0.05, 0) is 37.1 Å². The molecule has 28 heavy (non-hydrogen) atoms. The number of likely N-dealkylation sites (tertiary alicyclic amines) is 1. The Balaban J connectivity index is 1.41. The second kappa shape index (κ2) is 8.25. The van der Waals surface area contributed by atoms with Crippen molar-refractivity contribution in [2.45, 2.75) is 12.8 Å². The van der Waals surface area contributed by atoms with Crippen molar-refractivity contribution in [3.05, 3.63) is 72.3 Å². The molecule has 0 radical (unpaired) electrons. The van der Waals surface area contributed by atoms with Crippen LogP contribution in [0.25, 0.3) is 11.4 Å². The second-order valence-electron chi connectivity index (χ2n) is 7.02. The minimum Gasteiger partial charge on any atom is -0.490 e. The maximum atomic E-state index is 13.7. The molecule has 6 heteroatoms. The number of carbonyl (C=O) groups is 1. The molecule has 1 fully saturated rings. The molecule has 2 heterocycles. The Morgan fingerprint density at radius 1 is 1.25 bits per heavy atom. The zero-order chi connectivity index (χ0) is 19.3. The van der Waals surface area contributed by atoms with Gasteiger partial charge in [-0.15, -0.1) is 0 Å². The fourth-order valence-corrected chi connectivity index (χ4v) is 3.56. The number of benzene rings is 2. The number of rotatable bonds is 5. The standard InChI is InChI=1S/C22H22FN3O2/c23-19-8-1-2-9-20(19)28-15-16-5-4-12-26(14-16)22(27)18-7-3-6-17(13-18)21-24-10-11-25-21/h1-3,6-11,13,16H,4-5,12,14-15H2,(H,24,25)/t16-/m0/s1. The van der Waals surface area contributed by atoms with Crippen LogP contribution in [-0.4, -0.2) is 40.5 Å². The molecule has 0 saturated carbocycles. The molecule has 5 nitrogen and oxygen atoms in total. The van der Waals surface area contributed by atoms with Gasteiger partial charge < -0.3 is 14.6 Å². The second-order valence-corrected chi connectivity index (χ2v) is 7.02. The number of halogens is 1. The van der Waals surface area contributed by atoms with Gasteiger partial charge in [0.1, 0.15) is 5.82 Å². The third-order valence-corrected chi connectivity index (χ3v) is 5.00. The zero-order valence-electron chi connectivity index (χ0n) is 15.5. The molecule has 144 valence electrons. The first kappa shape index (κ1) is 18.2. The zero-order valence-corrected chi connectivity index (χ0v) is 15.5. The first-order valence-corrected chi connectivity index (χ1v) is 9.47. The van der Waals surface area contributed by atoms with Crippen LogP contribution >= 0.6 is 0 Å². The maximum absolute atomic E-state index is 13.7. The number of hydrogen-bond donors (Lipinski definition) is 1. The highest BCUT2D eigenvalue weighted by Gasteiger charge is 2.25. The van der Waals surface area contributed by atoms with Gasteiger partial charge in [0.2, 0.25) is 0 Å². The molecule has 0 unspecified atom stereocenters. The summed E-state index contributed by atoms with van der Waals surface area (Å²) >= 11 is 0. The molecular weight excluding hydrogens is 357 g/mol. The molecule has 0 aliphatic carbocycles. The van der Waals surface area contributed by atoms with Crippen molar-refractivity contribution in [1.29, 1.82) is 0 Å². The number of piperidine rings is 1. The van der Waals surface area contributed by atoms with E-state index in [1.807, 2.05) is 29.2 Å². The Hall–Kier alpha value is -3.15. The SMILES string of the molecule is O=C(c1cccc(-c2ncc[nH]2)c1)N1CCC[C@H](COc2ccccc2F)C1. The van der Waals surface area contributed by atoms with Crippen LogP contribution in [0.1, 0.15) is 23.2 Å². The number of nitrogens with zero attached hydrogens (tertiary/aromatic N) is 2. The van der Waals surface area contributed by atoms with Crippen molar-refractivity contribution < 1.29 is 13.9 Å². The van der Waals surface area contributed by atoms with Gasteiger partial charge in [0.25, 0.3) is 5.91 Å². The lowest BCUT2D eigenvalue weighted by Gasteiger charge is -2.32. The molecular formula is C22H22FN3O2. The highest BCUT2D eigenvalue weighted by atomic mass is 19.1. The average molecular weight is 379 g/mol. The average Bonchev–Trinajstić information content (AvgIpc) is 3.28. The molecule has 0 spiro atoms. The predicted octanol–water partition coefficient (Wildman–Crippen LogP) is 4.15. The summed E-state index contributed by atoms with van der Waals surface area (Å²) in [6.07, 6.45) is 5.32. The molecule has 1 aromatic heterocycles. The molecule has 0 bridgehead atoms. The van der Waals surface area contributed by atoms with Crippen LogP contribution < -0.4 is 4.74 Å². The predicted molar refractivity (Wildman–Crippen MR) is 105 cm³/mol. The lowest BCUT2D eigenvalue weighted by Crippen LogP contribution is -2.41. The lowest BCUT2D eigenvalue weighted by atomic mass is 9.98. The van der Waals surface area contributed by atoms with E-state index in [0.29, 0.717) is 18.7 Å². The molecule has 4 rings (SSSR count). The molecule has 1 amide bonds. The number of carbonyl (C=O) groups excluding carboxylic acids is 1. The quantitative estimate of drug-likeness (QED) is 0.725. The van der Waals surface area contributed by atoms with E-state index in [0.717, 1.165) is 30.8 Å². The van der Waals surface area contributed by atoms with Gasteiger partial charge in [-0.3, -0.25) is 4.79 Å². The summed E-state index contributed by atoms with van der Waals surface area (Å²) in [5.74, 6) is 0.831. The summed E-state index contributed by atoms with van der Waals surface area (Å²) in [5, 5.41) is 0. The van der Waals surface area contributed by atoms with E-state index in [9.17, 15) is 9.18 Å². The minimum atomic E-state index is -0.360. The summed E-state index contributed by atoms with van der Waals surface area (Å²) in [6.45, 7) is 1.73. The Kier molecular flexibility index (Phi) is 5.37. The molecule has 3 aromatic rings. The van der Waals surface area contributed by atoms with Crippen molar-refractivity contribution in [1.82, 2.24) is 14.9 Å². The van der Waals surface area contributed by atoms with Crippen molar-refractivity contribution >= 4 is 5.91 Å². The molecule has 1 atom stereocenters. The fraction of sp³-hybridized carbons (Fsp3) is 0.273. The highest BCUT2D eigenvalue weighted by molar-refractivity contribution is 5.95. The molecule has 1 aliphatic heterocycles. The normalized spacial score (nSPS) is 16.8. The maximum Gasteiger partial charge on any atom is 0.253 e.